The molecule has 0 aliphatic carbocycles. The highest BCUT2D eigenvalue weighted by Crippen LogP contribution is 2.37. The Morgan fingerprint density at radius 1 is 1.04 bits per heavy atom. The summed E-state index contributed by atoms with van der Waals surface area (Å²) in [6.07, 6.45) is 2.61. The third-order valence-corrected chi connectivity index (χ3v) is 3.71. The smallest absolute Gasteiger partial charge is 0.312 e. The molecule has 0 bridgehead atoms. The Hall–Kier alpha value is -1.39. The Labute approximate surface area is 140 Å². The number of carbonyl (C=O) groups is 1. The van der Waals surface area contributed by atoms with E-state index in [4.69, 9.17) is 4.74 Å². The lowest BCUT2D eigenvalue weighted by Gasteiger charge is -2.34. The first-order chi connectivity index (χ1) is 10.0. The van der Waals surface area contributed by atoms with E-state index in [0.29, 0.717) is 6.42 Å². The monoisotopic (exact) mass is 323 g/mol. The van der Waals surface area contributed by atoms with Gasteiger partial charge in [-0.2, -0.15) is 0 Å². The zero-order chi connectivity index (χ0) is 18.3. The molecule has 0 aromatic carbocycles. The van der Waals surface area contributed by atoms with Crippen molar-refractivity contribution >= 4 is 5.97 Å². The van der Waals surface area contributed by atoms with E-state index in [1.54, 1.807) is 0 Å². The van der Waals surface area contributed by atoms with Crippen LogP contribution >= 0.6 is 0 Å². The third-order valence-electron chi connectivity index (χ3n) is 3.71. The molecule has 5 heteroatoms. The number of rotatable bonds is 4. The second kappa shape index (κ2) is 5.91. The van der Waals surface area contributed by atoms with E-state index < -0.39 is 11.0 Å². The Morgan fingerprint density at radius 2 is 1.57 bits per heavy atom. The van der Waals surface area contributed by atoms with Gasteiger partial charge in [-0.05, 0) is 61.8 Å². The van der Waals surface area contributed by atoms with Crippen molar-refractivity contribution < 1.29 is 9.53 Å². The van der Waals surface area contributed by atoms with E-state index in [1.807, 2.05) is 45.5 Å². The molecule has 5 nitrogen and oxygen atoms in total. The number of nitrogens with zero attached hydrogens (tertiary/aromatic N) is 3. The van der Waals surface area contributed by atoms with Crippen LogP contribution < -0.4 is 0 Å². The van der Waals surface area contributed by atoms with Crippen LogP contribution in [0.2, 0.25) is 0 Å². The first-order valence-corrected chi connectivity index (χ1v) is 8.21. The van der Waals surface area contributed by atoms with Gasteiger partial charge < -0.3 is 4.74 Å². The van der Waals surface area contributed by atoms with Crippen molar-refractivity contribution in [2.45, 2.75) is 92.2 Å². The van der Waals surface area contributed by atoms with Gasteiger partial charge in [-0.1, -0.05) is 19.1 Å². The fraction of sp³-hybridized carbons (Fsp3) is 0.833. The average molecular weight is 323 g/mol. The highest BCUT2D eigenvalue weighted by atomic mass is 16.6. The fourth-order valence-corrected chi connectivity index (χ4v) is 2.59. The summed E-state index contributed by atoms with van der Waals surface area (Å²) >= 11 is 0. The molecule has 0 spiro atoms. The van der Waals surface area contributed by atoms with Crippen LogP contribution in [0, 0.1) is 5.41 Å². The van der Waals surface area contributed by atoms with E-state index in [-0.39, 0.29) is 16.9 Å². The SMILES string of the molecule is CC(C)(C)OC(=O)C(C)(C)CC(C)(C)c1cn(C(C)(C)C)nn1. The van der Waals surface area contributed by atoms with Crippen molar-refractivity contribution in [1.29, 1.82) is 0 Å². The summed E-state index contributed by atoms with van der Waals surface area (Å²) in [6.45, 7) is 20.0. The second-order valence-electron chi connectivity index (χ2n) is 9.67. The summed E-state index contributed by atoms with van der Waals surface area (Å²) in [4.78, 5) is 12.5. The van der Waals surface area contributed by atoms with Crippen LogP contribution in [0.5, 0.6) is 0 Å². The van der Waals surface area contributed by atoms with Gasteiger partial charge in [0.25, 0.3) is 0 Å². The Bertz CT molecular complexity index is 558. The van der Waals surface area contributed by atoms with E-state index >= 15 is 0 Å². The summed E-state index contributed by atoms with van der Waals surface area (Å²) < 4.78 is 7.43. The minimum absolute atomic E-state index is 0.109. The largest absolute Gasteiger partial charge is 0.460 e. The molecular formula is C18H33N3O2. The number of esters is 1. The topological polar surface area (TPSA) is 57.0 Å². The van der Waals surface area contributed by atoms with Crippen molar-refractivity contribution in [3.8, 4) is 0 Å². The third kappa shape index (κ3) is 5.33. The normalized spacial score (nSPS) is 14.0. The van der Waals surface area contributed by atoms with Crippen LogP contribution in [0.1, 0.15) is 81.4 Å². The van der Waals surface area contributed by atoms with Crippen molar-refractivity contribution in [2.75, 3.05) is 0 Å². The molecule has 1 rings (SSSR count). The number of ether oxygens (including phenoxy) is 1. The average Bonchev–Trinajstić information content (AvgIpc) is 2.73. The Balaban J connectivity index is 2.96. The molecule has 0 amide bonds. The predicted molar refractivity (Wildman–Crippen MR) is 92.3 cm³/mol. The lowest BCUT2D eigenvalue weighted by atomic mass is 9.73. The number of hydrogen-bond acceptors (Lipinski definition) is 4. The maximum atomic E-state index is 12.5. The molecule has 0 N–H and O–H groups in total. The highest BCUT2D eigenvalue weighted by molar-refractivity contribution is 5.76. The maximum absolute atomic E-state index is 12.5. The molecule has 1 aromatic rings. The predicted octanol–water partition coefficient (Wildman–Crippen LogP) is 4.07. The highest BCUT2D eigenvalue weighted by Gasteiger charge is 2.40. The minimum Gasteiger partial charge on any atom is -0.460 e. The van der Waals surface area contributed by atoms with Gasteiger partial charge in [0.1, 0.15) is 5.60 Å². The molecule has 1 heterocycles. The lowest BCUT2D eigenvalue weighted by Crippen LogP contribution is -2.38. The van der Waals surface area contributed by atoms with Gasteiger partial charge in [0.15, 0.2) is 0 Å². The lowest BCUT2D eigenvalue weighted by molar-refractivity contribution is -0.166. The molecule has 0 saturated carbocycles. The zero-order valence-corrected chi connectivity index (χ0v) is 16.4. The molecule has 0 aliphatic heterocycles. The second-order valence-corrected chi connectivity index (χ2v) is 9.67. The first kappa shape index (κ1) is 19.7. The number of aromatic nitrogens is 3. The molecule has 0 unspecified atom stereocenters. The van der Waals surface area contributed by atoms with Gasteiger partial charge in [-0.3, -0.25) is 4.79 Å². The molecule has 0 atom stereocenters. The molecule has 0 saturated heterocycles. The van der Waals surface area contributed by atoms with Gasteiger partial charge in [0, 0.05) is 11.6 Å². The maximum Gasteiger partial charge on any atom is 0.312 e. The number of carbonyl (C=O) groups excluding carboxylic acids is 1. The summed E-state index contributed by atoms with van der Waals surface area (Å²) in [5, 5.41) is 8.57. The van der Waals surface area contributed by atoms with E-state index in [2.05, 4.69) is 44.9 Å². The molecule has 132 valence electrons. The zero-order valence-electron chi connectivity index (χ0n) is 16.4. The van der Waals surface area contributed by atoms with Crippen LogP contribution in [-0.2, 0) is 20.5 Å². The van der Waals surface area contributed by atoms with Gasteiger partial charge in [-0.25, -0.2) is 4.68 Å². The summed E-state index contributed by atoms with van der Waals surface area (Å²) in [6, 6.07) is 0. The molecule has 0 radical (unpaired) electrons. The minimum atomic E-state index is -0.595. The van der Waals surface area contributed by atoms with Gasteiger partial charge in [0.2, 0.25) is 0 Å². The quantitative estimate of drug-likeness (QED) is 0.784. The standard InChI is InChI=1S/C18H33N3O2/c1-15(2,3)21-11-13(19-20-21)17(7,8)12-18(9,10)14(22)23-16(4,5)6/h11H,12H2,1-10H3. The van der Waals surface area contributed by atoms with Crippen LogP contribution in [0.3, 0.4) is 0 Å². The van der Waals surface area contributed by atoms with E-state index in [9.17, 15) is 4.79 Å². The van der Waals surface area contributed by atoms with Gasteiger partial charge in [-0.15, -0.1) is 5.10 Å². The van der Waals surface area contributed by atoms with Crippen LogP contribution in [0.4, 0.5) is 0 Å². The molecular weight excluding hydrogens is 290 g/mol. The molecule has 0 aliphatic rings. The Kier molecular flexibility index (Phi) is 5.05. The van der Waals surface area contributed by atoms with Crippen molar-refractivity contribution in [2.24, 2.45) is 5.41 Å². The fourth-order valence-electron chi connectivity index (χ4n) is 2.59. The van der Waals surface area contributed by atoms with Crippen molar-refractivity contribution in [3.05, 3.63) is 11.9 Å². The Morgan fingerprint density at radius 3 is 1.96 bits per heavy atom. The summed E-state index contributed by atoms with van der Waals surface area (Å²) in [5.74, 6) is -0.179. The van der Waals surface area contributed by atoms with Crippen molar-refractivity contribution in [1.82, 2.24) is 15.0 Å². The van der Waals surface area contributed by atoms with Crippen LogP contribution in [0.25, 0.3) is 0 Å². The number of hydrogen-bond donors (Lipinski definition) is 0. The van der Waals surface area contributed by atoms with Crippen molar-refractivity contribution in [3.63, 3.8) is 0 Å². The first-order valence-electron chi connectivity index (χ1n) is 8.21. The van der Waals surface area contributed by atoms with E-state index in [1.165, 1.54) is 0 Å². The summed E-state index contributed by atoms with van der Waals surface area (Å²) in [7, 11) is 0. The summed E-state index contributed by atoms with van der Waals surface area (Å²) in [5.41, 5.74) is -0.564. The molecule has 0 fully saturated rings. The van der Waals surface area contributed by atoms with Gasteiger partial charge in [0.05, 0.1) is 16.6 Å². The van der Waals surface area contributed by atoms with Gasteiger partial charge >= 0.3 is 5.97 Å². The molecule has 23 heavy (non-hydrogen) atoms. The molecule has 1 aromatic heterocycles. The van der Waals surface area contributed by atoms with E-state index in [0.717, 1.165) is 5.69 Å². The van der Waals surface area contributed by atoms with Crippen LogP contribution in [-0.4, -0.2) is 26.6 Å². The van der Waals surface area contributed by atoms with Crippen LogP contribution in [0.15, 0.2) is 6.20 Å².